The highest BCUT2D eigenvalue weighted by Gasteiger charge is 2.17. The fraction of sp³-hybridized carbons (Fsp3) is 0. The van der Waals surface area contributed by atoms with E-state index in [0.29, 0.717) is 6.07 Å². The van der Waals surface area contributed by atoms with Gasteiger partial charge >= 0.3 is 0 Å². The minimum absolute atomic E-state index is 0.00475. The van der Waals surface area contributed by atoms with Crippen molar-refractivity contribution in [2.75, 3.05) is 0 Å². The summed E-state index contributed by atoms with van der Waals surface area (Å²) in [4.78, 5) is 11.9. The minimum atomic E-state index is -1.01. The molecule has 0 spiro atoms. The topological polar surface area (TPSA) is 17.1 Å². The Hall–Kier alpha value is -1.81. The normalized spacial score (nSPS) is 10.4. The molecule has 0 N–H and O–H groups in total. The maximum absolute atomic E-state index is 13.4. The lowest BCUT2D eigenvalue weighted by atomic mass is 10.0. The van der Waals surface area contributed by atoms with E-state index >= 15 is 0 Å². The zero-order valence-electron chi connectivity index (χ0n) is 8.88. The molecule has 2 aromatic rings. The molecule has 0 saturated heterocycles. The van der Waals surface area contributed by atoms with Crippen molar-refractivity contribution in [3.05, 3.63) is 70.0 Å². The van der Waals surface area contributed by atoms with Gasteiger partial charge in [-0.05, 0) is 30.3 Å². The average Bonchev–Trinajstić information content (AvgIpc) is 2.31. The zero-order valence-corrected chi connectivity index (χ0v) is 9.64. The molecule has 0 aliphatic rings. The molecule has 0 unspecified atom stereocenters. The van der Waals surface area contributed by atoms with E-state index in [-0.39, 0.29) is 16.1 Å². The standard InChI is InChI=1S/C13H6ClF3O/c14-11-4-2-7(15)5-10(11)13(18)9-3-1-8(16)6-12(9)17/h1-6H. The van der Waals surface area contributed by atoms with Crippen LogP contribution in [-0.4, -0.2) is 5.78 Å². The van der Waals surface area contributed by atoms with Gasteiger partial charge in [0.05, 0.1) is 10.6 Å². The lowest BCUT2D eigenvalue weighted by Gasteiger charge is -2.05. The first-order valence-corrected chi connectivity index (χ1v) is 5.31. The summed E-state index contributed by atoms with van der Waals surface area (Å²) < 4.78 is 39.2. The first-order valence-electron chi connectivity index (χ1n) is 4.94. The summed E-state index contributed by atoms with van der Waals surface area (Å²) in [7, 11) is 0. The summed E-state index contributed by atoms with van der Waals surface area (Å²) >= 11 is 5.74. The van der Waals surface area contributed by atoms with Gasteiger partial charge in [0.1, 0.15) is 17.5 Å². The van der Waals surface area contributed by atoms with Crippen molar-refractivity contribution in [1.82, 2.24) is 0 Å². The molecule has 0 fully saturated rings. The van der Waals surface area contributed by atoms with Crippen molar-refractivity contribution in [3.63, 3.8) is 0 Å². The number of carbonyl (C=O) groups is 1. The maximum atomic E-state index is 13.4. The van der Waals surface area contributed by atoms with Crippen molar-refractivity contribution in [2.24, 2.45) is 0 Å². The van der Waals surface area contributed by atoms with E-state index in [1.54, 1.807) is 0 Å². The average molecular weight is 271 g/mol. The van der Waals surface area contributed by atoms with Crippen LogP contribution in [0.4, 0.5) is 13.2 Å². The largest absolute Gasteiger partial charge is 0.288 e. The molecule has 18 heavy (non-hydrogen) atoms. The summed E-state index contributed by atoms with van der Waals surface area (Å²) in [6, 6.07) is 5.72. The van der Waals surface area contributed by atoms with Crippen LogP contribution in [0.2, 0.25) is 5.02 Å². The Morgan fingerprint density at radius 2 is 1.50 bits per heavy atom. The molecule has 0 radical (unpaired) electrons. The Morgan fingerprint density at radius 3 is 2.17 bits per heavy atom. The lowest BCUT2D eigenvalue weighted by molar-refractivity contribution is 0.103. The zero-order chi connectivity index (χ0) is 13.3. The van der Waals surface area contributed by atoms with Crippen LogP contribution in [0.15, 0.2) is 36.4 Å². The van der Waals surface area contributed by atoms with Crippen LogP contribution in [0.3, 0.4) is 0 Å². The summed E-state index contributed by atoms with van der Waals surface area (Å²) in [5.74, 6) is -3.27. The van der Waals surface area contributed by atoms with Crippen molar-refractivity contribution in [1.29, 1.82) is 0 Å². The molecule has 0 aromatic heterocycles. The highest BCUT2D eigenvalue weighted by Crippen LogP contribution is 2.22. The summed E-state index contributed by atoms with van der Waals surface area (Å²) in [6.45, 7) is 0. The number of benzene rings is 2. The molecule has 0 amide bonds. The molecule has 92 valence electrons. The number of rotatable bonds is 2. The molecule has 0 atom stereocenters. The van der Waals surface area contributed by atoms with Gasteiger partial charge in [-0.2, -0.15) is 0 Å². The first-order chi connectivity index (χ1) is 8.49. The van der Waals surface area contributed by atoms with E-state index in [0.717, 1.165) is 24.3 Å². The van der Waals surface area contributed by atoms with E-state index in [2.05, 4.69) is 0 Å². The number of hydrogen-bond donors (Lipinski definition) is 0. The van der Waals surface area contributed by atoms with Crippen molar-refractivity contribution >= 4 is 17.4 Å². The second-order valence-corrected chi connectivity index (χ2v) is 3.98. The third-order valence-electron chi connectivity index (χ3n) is 2.35. The molecule has 0 aliphatic carbocycles. The van der Waals surface area contributed by atoms with Crippen LogP contribution < -0.4 is 0 Å². The second kappa shape index (κ2) is 4.82. The van der Waals surface area contributed by atoms with Crippen molar-refractivity contribution < 1.29 is 18.0 Å². The van der Waals surface area contributed by atoms with Gasteiger partial charge in [0.2, 0.25) is 0 Å². The number of carbonyl (C=O) groups excluding carboxylic acids is 1. The fourth-order valence-corrected chi connectivity index (χ4v) is 1.69. The van der Waals surface area contributed by atoms with Crippen LogP contribution in [0.25, 0.3) is 0 Å². The van der Waals surface area contributed by atoms with Crippen LogP contribution in [0.5, 0.6) is 0 Å². The maximum Gasteiger partial charge on any atom is 0.197 e. The van der Waals surface area contributed by atoms with Crippen LogP contribution >= 0.6 is 11.6 Å². The number of halogens is 4. The van der Waals surface area contributed by atoms with E-state index in [1.165, 1.54) is 6.07 Å². The molecule has 2 aromatic carbocycles. The molecule has 0 aliphatic heterocycles. The predicted molar refractivity (Wildman–Crippen MR) is 61.2 cm³/mol. The molecule has 0 bridgehead atoms. The summed E-state index contributed by atoms with van der Waals surface area (Å²) in [5.41, 5.74) is -0.522. The number of hydrogen-bond acceptors (Lipinski definition) is 1. The smallest absolute Gasteiger partial charge is 0.197 e. The van der Waals surface area contributed by atoms with E-state index in [4.69, 9.17) is 11.6 Å². The van der Waals surface area contributed by atoms with Gasteiger partial charge in [-0.3, -0.25) is 4.79 Å². The third kappa shape index (κ3) is 2.38. The van der Waals surface area contributed by atoms with Crippen molar-refractivity contribution in [2.45, 2.75) is 0 Å². The van der Waals surface area contributed by atoms with E-state index < -0.39 is 23.2 Å². The Labute approximate surface area is 106 Å². The molecular weight excluding hydrogens is 265 g/mol. The SMILES string of the molecule is O=C(c1ccc(F)cc1F)c1cc(F)ccc1Cl. The molecule has 0 heterocycles. The van der Waals surface area contributed by atoms with Gasteiger partial charge in [0.15, 0.2) is 5.78 Å². The Kier molecular flexibility index (Phi) is 3.39. The Morgan fingerprint density at radius 1 is 0.889 bits per heavy atom. The molecule has 0 saturated carbocycles. The predicted octanol–water partition coefficient (Wildman–Crippen LogP) is 3.99. The lowest BCUT2D eigenvalue weighted by Crippen LogP contribution is -2.06. The third-order valence-corrected chi connectivity index (χ3v) is 2.68. The van der Waals surface area contributed by atoms with Crippen molar-refractivity contribution in [3.8, 4) is 0 Å². The monoisotopic (exact) mass is 270 g/mol. The van der Waals surface area contributed by atoms with Crippen LogP contribution in [0.1, 0.15) is 15.9 Å². The Bertz CT molecular complexity index is 626. The first kappa shape index (κ1) is 12.6. The van der Waals surface area contributed by atoms with Gasteiger partial charge in [-0.15, -0.1) is 0 Å². The number of ketones is 1. The fourth-order valence-electron chi connectivity index (χ4n) is 1.49. The summed E-state index contributed by atoms with van der Waals surface area (Å²) in [5, 5.41) is 0.00475. The van der Waals surface area contributed by atoms with E-state index in [9.17, 15) is 18.0 Å². The van der Waals surface area contributed by atoms with Gasteiger partial charge in [0.25, 0.3) is 0 Å². The molecule has 5 heteroatoms. The minimum Gasteiger partial charge on any atom is -0.288 e. The van der Waals surface area contributed by atoms with Crippen LogP contribution in [0, 0.1) is 17.5 Å². The molecule has 1 nitrogen and oxygen atoms in total. The highest BCUT2D eigenvalue weighted by atomic mass is 35.5. The van der Waals surface area contributed by atoms with E-state index in [1.807, 2.05) is 0 Å². The molecule has 2 rings (SSSR count). The molecular formula is C13H6ClF3O. The van der Waals surface area contributed by atoms with Gasteiger partial charge in [0, 0.05) is 11.6 Å². The Balaban J connectivity index is 2.51. The van der Waals surface area contributed by atoms with Gasteiger partial charge in [-0.1, -0.05) is 11.6 Å². The van der Waals surface area contributed by atoms with Gasteiger partial charge in [-0.25, -0.2) is 13.2 Å². The highest BCUT2D eigenvalue weighted by molar-refractivity contribution is 6.35. The quantitative estimate of drug-likeness (QED) is 0.754. The van der Waals surface area contributed by atoms with Crippen LogP contribution in [-0.2, 0) is 0 Å². The second-order valence-electron chi connectivity index (χ2n) is 3.58. The summed E-state index contributed by atoms with van der Waals surface area (Å²) in [6.07, 6.45) is 0. The van der Waals surface area contributed by atoms with Gasteiger partial charge < -0.3 is 0 Å².